The minimum atomic E-state index is -3.45. The van der Waals surface area contributed by atoms with Gasteiger partial charge in [-0.1, -0.05) is 6.07 Å². The molecule has 1 unspecified atom stereocenters. The Morgan fingerprint density at radius 1 is 1.45 bits per heavy atom. The molecular formula is C14H22N2O3S. The highest BCUT2D eigenvalue weighted by atomic mass is 32.2. The van der Waals surface area contributed by atoms with Crippen molar-refractivity contribution in [3.8, 4) is 0 Å². The normalized spacial score (nSPS) is 19.4. The smallest absolute Gasteiger partial charge is 0.240 e. The van der Waals surface area contributed by atoms with E-state index in [9.17, 15) is 8.42 Å². The van der Waals surface area contributed by atoms with E-state index < -0.39 is 10.0 Å². The third kappa shape index (κ3) is 3.79. The Morgan fingerprint density at radius 2 is 2.25 bits per heavy atom. The van der Waals surface area contributed by atoms with Gasteiger partial charge in [0.05, 0.1) is 11.0 Å². The maximum absolute atomic E-state index is 12.2. The Kier molecular flexibility index (Phi) is 5.15. The van der Waals surface area contributed by atoms with Crippen LogP contribution < -0.4 is 10.5 Å². The van der Waals surface area contributed by atoms with E-state index >= 15 is 0 Å². The highest BCUT2D eigenvalue weighted by molar-refractivity contribution is 7.89. The third-order valence-electron chi connectivity index (χ3n) is 3.63. The van der Waals surface area contributed by atoms with E-state index in [0.29, 0.717) is 18.0 Å². The fraction of sp³-hybridized carbons (Fsp3) is 0.571. The van der Waals surface area contributed by atoms with E-state index in [1.807, 2.05) is 6.92 Å². The number of sulfonamides is 1. The summed E-state index contributed by atoms with van der Waals surface area (Å²) >= 11 is 0. The van der Waals surface area contributed by atoms with Gasteiger partial charge in [-0.3, -0.25) is 0 Å². The van der Waals surface area contributed by atoms with Gasteiger partial charge in [0.1, 0.15) is 0 Å². The lowest BCUT2D eigenvalue weighted by atomic mass is 10.1. The molecule has 5 nitrogen and oxygen atoms in total. The van der Waals surface area contributed by atoms with Crippen LogP contribution in [0.3, 0.4) is 0 Å². The van der Waals surface area contributed by atoms with E-state index in [1.54, 1.807) is 18.2 Å². The van der Waals surface area contributed by atoms with Crippen molar-refractivity contribution in [3.63, 3.8) is 0 Å². The van der Waals surface area contributed by atoms with Crippen LogP contribution in [0.2, 0.25) is 0 Å². The molecule has 3 N–H and O–H groups in total. The van der Waals surface area contributed by atoms with Crippen molar-refractivity contribution >= 4 is 10.0 Å². The minimum absolute atomic E-state index is 0.194. The highest BCUT2D eigenvalue weighted by Crippen LogP contribution is 2.17. The Morgan fingerprint density at radius 3 is 2.85 bits per heavy atom. The lowest BCUT2D eigenvalue weighted by Gasteiger charge is -2.12. The average molecular weight is 298 g/mol. The molecule has 112 valence electrons. The van der Waals surface area contributed by atoms with E-state index in [0.717, 1.165) is 37.0 Å². The zero-order chi connectivity index (χ0) is 14.6. The van der Waals surface area contributed by atoms with E-state index in [-0.39, 0.29) is 6.10 Å². The van der Waals surface area contributed by atoms with Crippen LogP contribution >= 0.6 is 0 Å². The van der Waals surface area contributed by atoms with Gasteiger partial charge in [-0.25, -0.2) is 13.1 Å². The molecular weight excluding hydrogens is 276 g/mol. The first kappa shape index (κ1) is 15.4. The standard InChI is InChI=1S/C14H22N2O3S/c1-11-9-14(5-4-12(11)10-15)20(17,18)16-7-6-13-3-2-8-19-13/h4-5,9,13,16H,2-3,6-8,10,15H2,1H3. The number of nitrogens with two attached hydrogens (primary N) is 1. The molecule has 2 rings (SSSR count). The molecule has 1 heterocycles. The van der Waals surface area contributed by atoms with Crippen molar-refractivity contribution in [3.05, 3.63) is 29.3 Å². The quantitative estimate of drug-likeness (QED) is 0.829. The van der Waals surface area contributed by atoms with Gasteiger partial charge in [-0.2, -0.15) is 0 Å². The van der Waals surface area contributed by atoms with E-state index in [1.165, 1.54) is 0 Å². The number of hydrogen-bond acceptors (Lipinski definition) is 4. The van der Waals surface area contributed by atoms with Gasteiger partial charge in [-0.15, -0.1) is 0 Å². The van der Waals surface area contributed by atoms with Crippen molar-refractivity contribution in [2.75, 3.05) is 13.2 Å². The maximum Gasteiger partial charge on any atom is 0.240 e. The van der Waals surface area contributed by atoms with Crippen molar-refractivity contribution < 1.29 is 13.2 Å². The first-order valence-corrected chi connectivity index (χ1v) is 8.42. The molecule has 1 saturated heterocycles. The molecule has 1 atom stereocenters. The van der Waals surface area contributed by atoms with Gasteiger partial charge >= 0.3 is 0 Å². The van der Waals surface area contributed by atoms with Gasteiger partial charge in [0.2, 0.25) is 10.0 Å². The van der Waals surface area contributed by atoms with Crippen molar-refractivity contribution in [2.24, 2.45) is 5.73 Å². The molecule has 1 fully saturated rings. The van der Waals surface area contributed by atoms with Gasteiger partial charge in [0, 0.05) is 19.7 Å². The second-order valence-electron chi connectivity index (χ2n) is 5.11. The van der Waals surface area contributed by atoms with Crippen molar-refractivity contribution in [2.45, 2.75) is 43.7 Å². The number of rotatable bonds is 6. The molecule has 0 saturated carbocycles. The first-order valence-electron chi connectivity index (χ1n) is 6.94. The number of aryl methyl sites for hydroxylation is 1. The van der Waals surface area contributed by atoms with Crippen LogP contribution in [0.5, 0.6) is 0 Å². The van der Waals surface area contributed by atoms with E-state index in [4.69, 9.17) is 10.5 Å². The van der Waals surface area contributed by atoms with Crippen molar-refractivity contribution in [1.82, 2.24) is 4.72 Å². The Bertz CT molecular complexity index is 552. The van der Waals surface area contributed by atoms with Gasteiger partial charge < -0.3 is 10.5 Å². The first-order chi connectivity index (χ1) is 9.53. The molecule has 0 aromatic heterocycles. The zero-order valence-corrected chi connectivity index (χ0v) is 12.6. The van der Waals surface area contributed by atoms with Gasteiger partial charge in [0.25, 0.3) is 0 Å². The summed E-state index contributed by atoms with van der Waals surface area (Å²) in [6.45, 7) is 3.48. The summed E-state index contributed by atoms with van der Waals surface area (Å²) in [6, 6.07) is 5.03. The molecule has 0 amide bonds. The van der Waals surface area contributed by atoms with Crippen LogP contribution in [0.25, 0.3) is 0 Å². The van der Waals surface area contributed by atoms with Crippen LogP contribution in [0, 0.1) is 6.92 Å². The number of ether oxygens (including phenoxy) is 1. The lowest BCUT2D eigenvalue weighted by Crippen LogP contribution is -2.27. The molecule has 6 heteroatoms. The highest BCUT2D eigenvalue weighted by Gasteiger charge is 2.18. The fourth-order valence-corrected chi connectivity index (χ4v) is 3.51. The van der Waals surface area contributed by atoms with Crippen LogP contribution in [0.15, 0.2) is 23.1 Å². The molecule has 0 radical (unpaired) electrons. The number of nitrogens with one attached hydrogen (secondary N) is 1. The van der Waals surface area contributed by atoms with Gasteiger partial charge in [-0.05, 0) is 49.4 Å². The predicted octanol–water partition coefficient (Wildman–Crippen LogP) is 1.30. The second-order valence-corrected chi connectivity index (χ2v) is 6.88. The Labute approximate surface area is 120 Å². The average Bonchev–Trinajstić information content (AvgIpc) is 2.91. The lowest BCUT2D eigenvalue weighted by molar-refractivity contribution is 0.105. The van der Waals surface area contributed by atoms with Crippen LogP contribution in [-0.2, 0) is 21.3 Å². The summed E-state index contributed by atoms with van der Waals surface area (Å²) in [5.41, 5.74) is 7.44. The summed E-state index contributed by atoms with van der Waals surface area (Å²) in [4.78, 5) is 0.291. The van der Waals surface area contributed by atoms with Crippen LogP contribution in [0.4, 0.5) is 0 Å². The molecule has 0 bridgehead atoms. The largest absolute Gasteiger partial charge is 0.378 e. The maximum atomic E-state index is 12.2. The summed E-state index contributed by atoms with van der Waals surface area (Å²) in [5, 5.41) is 0. The summed E-state index contributed by atoms with van der Waals surface area (Å²) in [5.74, 6) is 0. The van der Waals surface area contributed by atoms with Gasteiger partial charge in [0.15, 0.2) is 0 Å². The van der Waals surface area contributed by atoms with Crippen LogP contribution in [0.1, 0.15) is 30.4 Å². The molecule has 0 aliphatic carbocycles. The zero-order valence-electron chi connectivity index (χ0n) is 11.8. The Hall–Kier alpha value is -0.950. The number of hydrogen-bond donors (Lipinski definition) is 2. The van der Waals surface area contributed by atoms with Crippen molar-refractivity contribution in [1.29, 1.82) is 0 Å². The SMILES string of the molecule is Cc1cc(S(=O)(=O)NCCC2CCCO2)ccc1CN. The number of benzene rings is 1. The fourth-order valence-electron chi connectivity index (χ4n) is 2.37. The molecule has 0 spiro atoms. The Balaban J connectivity index is 1.96. The molecule has 1 aliphatic heterocycles. The summed E-state index contributed by atoms with van der Waals surface area (Å²) in [6.07, 6.45) is 3.00. The molecule has 1 aromatic rings. The minimum Gasteiger partial charge on any atom is -0.378 e. The van der Waals surface area contributed by atoms with Crippen LogP contribution in [-0.4, -0.2) is 27.7 Å². The topological polar surface area (TPSA) is 81.4 Å². The second kappa shape index (κ2) is 6.67. The van der Waals surface area contributed by atoms with E-state index in [2.05, 4.69) is 4.72 Å². The third-order valence-corrected chi connectivity index (χ3v) is 5.09. The monoisotopic (exact) mass is 298 g/mol. The molecule has 20 heavy (non-hydrogen) atoms. The molecule has 1 aromatic carbocycles. The predicted molar refractivity (Wildman–Crippen MR) is 77.8 cm³/mol. The summed E-state index contributed by atoms with van der Waals surface area (Å²) in [7, 11) is -3.45. The molecule has 1 aliphatic rings. The summed E-state index contributed by atoms with van der Waals surface area (Å²) < 4.78 is 32.5.